The van der Waals surface area contributed by atoms with Crippen molar-refractivity contribution in [1.82, 2.24) is 0 Å². The van der Waals surface area contributed by atoms with Crippen LogP contribution in [0.25, 0.3) is 0 Å². The molecule has 1 nitrogen and oxygen atoms in total. The van der Waals surface area contributed by atoms with Crippen LogP contribution in [0.3, 0.4) is 0 Å². The highest BCUT2D eigenvalue weighted by Gasteiger charge is 2.06. The van der Waals surface area contributed by atoms with Crippen molar-refractivity contribution in [2.75, 3.05) is 0 Å². The monoisotopic (exact) mass is 310 g/mol. The van der Waals surface area contributed by atoms with Gasteiger partial charge in [-0.05, 0) is 36.2 Å². The number of halogens is 2. The predicted molar refractivity (Wildman–Crippen MR) is 88.0 cm³/mol. The van der Waals surface area contributed by atoms with E-state index in [9.17, 15) is 0 Å². The van der Waals surface area contributed by atoms with E-state index in [-0.39, 0.29) is 0 Å². The molecule has 0 unspecified atom stereocenters. The zero-order valence-electron chi connectivity index (χ0n) is 12.1. The van der Waals surface area contributed by atoms with Crippen LogP contribution < -0.4 is 4.74 Å². The van der Waals surface area contributed by atoms with Crippen LogP contribution in [0.2, 0.25) is 10.0 Å². The summed E-state index contributed by atoms with van der Waals surface area (Å²) in [6, 6.07) is 13.5. The normalized spacial score (nSPS) is 9.65. The molecule has 2 aromatic rings. The summed E-state index contributed by atoms with van der Waals surface area (Å²) >= 11 is 12.2. The molecule has 0 N–H and O–H groups in total. The molecule has 0 saturated heterocycles. The van der Waals surface area contributed by atoms with Gasteiger partial charge in [-0.3, -0.25) is 0 Å². The molecule has 0 radical (unpaired) electrons. The van der Waals surface area contributed by atoms with Gasteiger partial charge in [0.2, 0.25) is 0 Å². The fourth-order valence-corrected chi connectivity index (χ4v) is 2.15. The summed E-state index contributed by atoms with van der Waals surface area (Å²) in [4.78, 5) is 0. The van der Waals surface area contributed by atoms with E-state index >= 15 is 0 Å². The Balaban J connectivity index is 0.000000956. The van der Waals surface area contributed by atoms with E-state index in [0.29, 0.717) is 16.7 Å². The van der Waals surface area contributed by atoms with Gasteiger partial charge >= 0.3 is 0 Å². The lowest BCUT2D eigenvalue weighted by atomic mass is 10.2. The molecule has 3 heteroatoms. The van der Waals surface area contributed by atoms with Crippen LogP contribution in [0.1, 0.15) is 31.9 Å². The fraction of sp³-hybridized carbons (Fsp3) is 0.294. The van der Waals surface area contributed by atoms with Crippen LogP contribution in [-0.2, 0) is 13.0 Å². The molecule has 0 aliphatic carbocycles. The Morgan fingerprint density at radius 3 is 1.95 bits per heavy atom. The standard InChI is InChI=1S/C15H14Cl2O.C2H6/c1-2-11-6-8-12(9-7-11)18-10-13-14(16)4-3-5-15(13)17;1-2/h3-9H,2,10H2,1H3;1-2H3. The highest BCUT2D eigenvalue weighted by Crippen LogP contribution is 2.25. The zero-order valence-corrected chi connectivity index (χ0v) is 13.6. The predicted octanol–water partition coefficient (Wildman–Crippen LogP) is 6.16. The second kappa shape index (κ2) is 8.89. The fourth-order valence-electron chi connectivity index (χ4n) is 1.65. The minimum Gasteiger partial charge on any atom is -0.489 e. The van der Waals surface area contributed by atoms with Crippen LogP contribution in [0.4, 0.5) is 0 Å². The average molecular weight is 311 g/mol. The first-order chi connectivity index (χ1) is 9.70. The molecule has 0 aromatic heterocycles. The van der Waals surface area contributed by atoms with Gasteiger partial charge in [0.25, 0.3) is 0 Å². The number of hydrogen-bond donors (Lipinski definition) is 0. The third kappa shape index (κ3) is 4.73. The zero-order chi connectivity index (χ0) is 15.0. The Morgan fingerprint density at radius 2 is 1.45 bits per heavy atom. The van der Waals surface area contributed by atoms with Gasteiger partial charge in [-0.2, -0.15) is 0 Å². The molecule has 20 heavy (non-hydrogen) atoms. The van der Waals surface area contributed by atoms with Crippen molar-refractivity contribution >= 4 is 23.2 Å². The van der Waals surface area contributed by atoms with Gasteiger partial charge in [0.1, 0.15) is 12.4 Å². The molecule has 0 saturated carbocycles. The Kier molecular flexibility index (Phi) is 7.50. The number of aryl methyl sites for hydroxylation is 1. The van der Waals surface area contributed by atoms with Gasteiger partial charge in [-0.15, -0.1) is 0 Å². The average Bonchev–Trinajstić information content (AvgIpc) is 2.49. The molecule has 2 rings (SSSR count). The number of hydrogen-bond acceptors (Lipinski definition) is 1. The molecule has 0 spiro atoms. The minimum atomic E-state index is 0.379. The first kappa shape index (κ1) is 16.9. The topological polar surface area (TPSA) is 9.23 Å². The third-order valence-electron chi connectivity index (χ3n) is 2.78. The Morgan fingerprint density at radius 1 is 0.900 bits per heavy atom. The quantitative estimate of drug-likeness (QED) is 0.657. The summed E-state index contributed by atoms with van der Waals surface area (Å²) in [7, 11) is 0. The molecule has 0 aliphatic rings. The number of benzene rings is 2. The highest BCUT2D eigenvalue weighted by atomic mass is 35.5. The van der Waals surface area contributed by atoms with Crippen molar-refractivity contribution in [1.29, 1.82) is 0 Å². The molecule has 0 fully saturated rings. The summed E-state index contributed by atoms with van der Waals surface area (Å²) in [5.41, 5.74) is 2.11. The first-order valence-corrected chi connectivity index (χ1v) is 7.61. The van der Waals surface area contributed by atoms with Gasteiger partial charge in [-0.1, -0.05) is 62.2 Å². The number of rotatable bonds is 4. The third-order valence-corrected chi connectivity index (χ3v) is 3.48. The molecule has 0 atom stereocenters. The van der Waals surface area contributed by atoms with E-state index < -0.39 is 0 Å². The Hall–Kier alpha value is -1.18. The number of ether oxygens (including phenoxy) is 1. The summed E-state index contributed by atoms with van der Waals surface area (Å²) < 4.78 is 5.68. The second-order valence-corrected chi connectivity index (χ2v) is 4.80. The lowest BCUT2D eigenvalue weighted by Crippen LogP contribution is -1.97. The van der Waals surface area contributed by atoms with Gasteiger partial charge < -0.3 is 4.74 Å². The summed E-state index contributed by atoms with van der Waals surface area (Å²) in [5.74, 6) is 0.822. The minimum absolute atomic E-state index is 0.379. The van der Waals surface area contributed by atoms with Crippen LogP contribution in [-0.4, -0.2) is 0 Å². The molecule has 2 aromatic carbocycles. The molecular formula is C17H20Cl2O. The SMILES string of the molecule is CC.CCc1ccc(OCc2c(Cl)cccc2Cl)cc1. The molecule has 0 bridgehead atoms. The Bertz CT molecular complexity index is 501. The summed E-state index contributed by atoms with van der Waals surface area (Å²) in [6.45, 7) is 6.50. The van der Waals surface area contributed by atoms with Crippen molar-refractivity contribution in [3.8, 4) is 5.75 Å². The maximum atomic E-state index is 6.08. The van der Waals surface area contributed by atoms with Gasteiger partial charge in [0.05, 0.1) is 0 Å². The van der Waals surface area contributed by atoms with E-state index in [1.54, 1.807) is 0 Å². The Labute approximate surface area is 131 Å². The smallest absolute Gasteiger partial charge is 0.119 e. The van der Waals surface area contributed by atoms with Gasteiger partial charge in [0.15, 0.2) is 0 Å². The molecule has 108 valence electrons. The van der Waals surface area contributed by atoms with Gasteiger partial charge in [0, 0.05) is 15.6 Å². The van der Waals surface area contributed by atoms with Crippen molar-refractivity contribution in [2.24, 2.45) is 0 Å². The van der Waals surface area contributed by atoms with Crippen LogP contribution in [0.15, 0.2) is 42.5 Å². The van der Waals surface area contributed by atoms with Crippen LogP contribution >= 0.6 is 23.2 Å². The van der Waals surface area contributed by atoms with E-state index in [1.165, 1.54) is 5.56 Å². The van der Waals surface area contributed by atoms with Crippen molar-refractivity contribution in [2.45, 2.75) is 33.8 Å². The van der Waals surface area contributed by atoms with Crippen LogP contribution in [0, 0.1) is 0 Å². The maximum Gasteiger partial charge on any atom is 0.119 e. The largest absolute Gasteiger partial charge is 0.489 e. The van der Waals surface area contributed by atoms with Crippen molar-refractivity contribution < 1.29 is 4.74 Å². The van der Waals surface area contributed by atoms with Crippen molar-refractivity contribution in [3.63, 3.8) is 0 Å². The molecule has 0 amide bonds. The van der Waals surface area contributed by atoms with E-state index in [2.05, 4.69) is 19.1 Å². The molecule has 0 heterocycles. The van der Waals surface area contributed by atoms with E-state index in [0.717, 1.165) is 17.7 Å². The second-order valence-electron chi connectivity index (χ2n) is 3.99. The van der Waals surface area contributed by atoms with E-state index in [1.807, 2.05) is 44.2 Å². The van der Waals surface area contributed by atoms with E-state index in [4.69, 9.17) is 27.9 Å². The maximum absolute atomic E-state index is 6.08. The lowest BCUT2D eigenvalue weighted by molar-refractivity contribution is 0.306. The molecule has 0 aliphatic heterocycles. The van der Waals surface area contributed by atoms with Crippen molar-refractivity contribution in [3.05, 3.63) is 63.6 Å². The highest BCUT2D eigenvalue weighted by molar-refractivity contribution is 6.35. The first-order valence-electron chi connectivity index (χ1n) is 6.85. The lowest BCUT2D eigenvalue weighted by Gasteiger charge is -2.09. The summed E-state index contributed by atoms with van der Waals surface area (Å²) in [5, 5.41) is 1.26. The van der Waals surface area contributed by atoms with Crippen LogP contribution in [0.5, 0.6) is 5.75 Å². The molecular weight excluding hydrogens is 291 g/mol. The summed E-state index contributed by atoms with van der Waals surface area (Å²) in [6.07, 6.45) is 1.02. The van der Waals surface area contributed by atoms with Gasteiger partial charge in [-0.25, -0.2) is 0 Å².